The van der Waals surface area contributed by atoms with Gasteiger partial charge in [0.25, 0.3) is 5.91 Å². The number of amides is 1. The van der Waals surface area contributed by atoms with Gasteiger partial charge in [0.2, 0.25) is 0 Å². The molecule has 0 saturated heterocycles. The van der Waals surface area contributed by atoms with Crippen LogP contribution in [0.1, 0.15) is 21.1 Å². The van der Waals surface area contributed by atoms with E-state index in [9.17, 15) is 9.18 Å². The molecule has 0 unspecified atom stereocenters. The molecule has 0 bridgehead atoms. The molecule has 0 fully saturated rings. The van der Waals surface area contributed by atoms with Crippen molar-refractivity contribution in [3.63, 3.8) is 0 Å². The maximum absolute atomic E-state index is 13.4. The second-order valence-electron chi connectivity index (χ2n) is 3.80. The molecule has 4 nitrogen and oxygen atoms in total. The van der Waals surface area contributed by atoms with Crippen LogP contribution in [0.25, 0.3) is 0 Å². The summed E-state index contributed by atoms with van der Waals surface area (Å²) in [5.74, 6) is -1.08. The van der Waals surface area contributed by atoms with Crippen LogP contribution in [-0.2, 0) is 6.54 Å². The fraction of sp³-hybridized carbons (Fsp3) is 0.167. The van der Waals surface area contributed by atoms with Gasteiger partial charge in [0, 0.05) is 16.8 Å². The molecule has 1 heterocycles. The number of benzene rings is 1. The Balaban J connectivity index is 2.05. The number of nitrogen functional groups attached to an aromatic ring is 1. The van der Waals surface area contributed by atoms with Gasteiger partial charge in [0.05, 0.1) is 12.1 Å². The topological polar surface area (TPSA) is 68.0 Å². The minimum atomic E-state index is -0.586. The minimum Gasteiger partial charge on any atom is -0.399 e. The number of nitrogens with zero attached hydrogens (tertiary/aromatic N) is 1. The molecule has 2 aromatic rings. The lowest BCUT2D eigenvalue weighted by Gasteiger charge is -2.05. The fourth-order valence-corrected chi connectivity index (χ4v) is 2.16. The number of nitrogens with two attached hydrogens (primary N) is 1. The Kier molecular flexibility index (Phi) is 3.57. The molecule has 0 radical (unpaired) electrons. The zero-order chi connectivity index (χ0) is 13.1. The predicted octanol–water partition coefficient (Wildman–Crippen LogP) is 2.10. The number of carbonyl (C=O) groups is 1. The van der Waals surface area contributed by atoms with Crippen LogP contribution in [0, 0.1) is 12.7 Å². The molecule has 3 N–H and O–H groups in total. The summed E-state index contributed by atoms with van der Waals surface area (Å²) in [4.78, 5) is 16.0. The van der Waals surface area contributed by atoms with E-state index >= 15 is 0 Å². The van der Waals surface area contributed by atoms with Crippen LogP contribution < -0.4 is 11.1 Å². The Bertz CT molecular complexity index is 582. The number of thiazole rings is 1. The molecular formula is C12H12FN3OS. The summed E-state index contributed by atoms with van der Waals surface area (Å²) in [6.45, 7) is 2.16. The third-order valence-corrected chi connectivity index (χ3v) is 3.27. The molecule has 0 saturated carbocycles. The summed E-state index contributed by atoms with van der Waals surface area (Å²) in [5.41, 5.74) is 6.72. The lowest BCUT2D eigenvalue weighted by Crippen LogP contribution is -2.23. The number of hydrogen-bond acceptors (Lipinski definition) is 4. The van der Waals surface area contributed by atoms with Crippen molar-refractivity contribution in [2.75, 3.05) is 5.73 Å². The van der Waals surface area contributed by atoms with Gasteiger partial charge in [-0.1, -0.05) is 0 Å². The standard InChI is InChI=1S/C12H12FN3OS/c1-7-6-18-11(16-7)5-15-12(17)9-4-8(14)2-3-10(9)13/h2-4,6H,5,14H2,1H3,(H,15,17). The first-order valence-electron chi connectivity index (χ1n) is 5.30. The van der Waals surface area contributed by atoms with Gasteiger partial charge in [0.15, 0.2) is 0 Å². The first-order chi connectivity index (χ1) is 8.56. The first-order valence-corrected chi connectivity index (χ1v) is 6.18. The fourth-order valence-electron chi connectivity index (χ4n) is 1.45. The first kappa shape index (κ1) is 12.5. The van der Waals surface area contributed by atoms with Crippen LogP contribution in [0.5, 0.6) is 0 Å². The molecule has 0 aliphatic heterocycles. The summed E-state index contributed by atoms with van der Waals surface area (Å²) in [5, 5.41) is 5.28. The van der Waals surface area contributed by atoms with Gasteiger partial charge in [-0.25, -0.2) is 9.37 Å². The van der Waals surface area contributed by atoms with E-state index in [0.717, 1.165) is 10.7 Å². The summed E-state index contributed by atoms with van der Waals surface area (Å²) in [6.07, 6.45) is 0. The number of anilines is 1. The van der Waals surface area contributed by atoms with Gasteiger partial charge in [-0.3, -0.25) is 4.79 Å². The van der Waals surface area contributed by atoms with Gasteiger partial charge < -0.3 is 11.1 Å². The molecule has 0 aliphatic rings. The molecule has 0 atom stereocenters. The average Bonchev–Trinajstić information content (AvgIpc) is 2.75. The summed E-state index contributed by atoms with van der Waals surface area (Å²) in [7, 11) is 0. The lowest BCUT2D eigenvalue weighted by molar-refractivity contribution is 0.0947. The maximum Gasteiger partial charge on any atom is 0.254 e. The Morgan fingerprint density at radius 2 is 2.33 bits per heavy atom. The van der Waals surface area contributed by atoms with Crippen molar-refractivity contribution in [2.24, 2.45) is 0 Å². The van der Waals surface area contributed by atoms with E-state index < -0.39 is 11.7 Å². The smallest absolute Gasteiger partial charge is 0.254 e. The molecule has 1 amide bonds. The van der Waals surface area contributed by atoms with Crippen LogP contribution in [0.2, 0.25) is 0 Å². The van der Waals surface area contributed by atoms with E-state index in [1.54, 1.807) is 0 Å². The number of halogens is 1. The Morgan fingerprint density at radius 1 is 1.56 bits per heavy atom. The molecule has 1 aromatic carbocycles. The Morgan fingerprint density at radius 3 is 3.00 bits per heavy atom. The average molecular weight is 265 g/mol. The normalized spacial score (nSPS) is 10.3. The highest BCUT2D eigenvalue weighted by Gasteiger charge is 2.12. The Hall–Kier alpha value is -1.95. The van der Waals surface area contributed by atoms with Crippen LogP contribution in [-0.4, -0.2) is 10.9 Å². The van der Waals surface area contributed by atoms with Crippen LogP contribution in [0.15, 0.2) is 23.6 Å². The molecule has 2 rings (SSSR count). The second-order valence-corrected chi connectivity index (χ2v) is 4.75. The highest BCUT2D eigenvalue weighted by Crippen LogP contribution is 2.13. The summed E-state index contributed by atoms with van der Waals surface area (Å²) < 4.78 is 13.4. The van der Waals surface area contributed by atoms with Gasteiger partial charge in [-0.2, -0.15) is 0 Å². The van der Waals surface area contributed by atoms with E-state index in [1.165, 1.54) is 29.5 Å². The van der Waals surface area contributed by atoms with Gasteiger partial charge >= 0.3 is 0 Å². The number of aryl methyl sites for hydroxylation is 1. The van der Waals surface area contributed by atoms with Crippen LogP contribution in [0.4, 0.5) is 10.1 Å². The van der Waals surface area contributed by atoms with Crippen molar-refractivity contribution in [2.45, 2.75) is 13.5 Å². The van der Waals surface area contributed by atoms with Crippen molar-refractivity contribution in [1.82, 2.24) is 10.3 Å². The number of carbonyl (C=O) groups excluding carboxylic acids is 1. The van der Waals surface area contributed by atoms with Crippen molar-refractivity contribution in [1.29, 1.82) is 0 Å². The monoisotopic (exact) mass is 265 g/mol. The van der Waals surface area contributed by atoms with E-state index in [1.807, 2.05) is 12.3 Å². The second kappa shape index (κ2) is 5.14. The zero-order valence-corrected chi connectivity index (χ0v) is 10.6. The van der Waals surface area contributed by atoms with E-state index in [-0.39, 0.29) is 12.1 Å². The molecule has 6 heteroatoms. The lowest BCUT2D eigenvalue weighted by atomic mass is 10.2. The van der Waals surface area contributed by atoms with E-state index in [0.29, 0.717) is 5.69 Å². The SMILES string of the molecule is Cc1csc(CNC(=O)c2cc(N)ccc2F)n1. The van der Waals surface area contributed by atoms with Gasteiger partial charge in [-0.05, 0) is 25.1 Å². The highest BCUT2D eigenvalue weighted by molar-refractivity contribution is 7.09. The number of hydrogen-bond donors (Lipinski definition) is 2. The number of nitrogens with one attached hydrogen (secondary N) is 1. The largest absolute Gasteiger partial charge is 0.399 e. The Labute approximate surface area is 108 Å². The van der Waals surface area contributed by atoms with Gasteiger partial charge in [-0.15, -0.1) is 11.3 Å². The molecule has 0 aliphatic carbocycles. The van der Waals surface area contributed by atoms with Crippen molar-refractivity contribution in [3.8, 4) is 0 Å². The third-order valence-electron chi connectivity index (χ3n) is 2.30. The predicted molar refractivity (Wildman–Crippen MR) is 68.8 cm³/mol. The van der Waals surface area contributed by atoms with E-state index in [2.05, 4.69) is 10.3 Å². The van der Waals surface area contributed by atoms with Crippen LogP contribution >= 0.6 is 11.3 Å². The third kappa shape index (κ3) is 2.84. The minimum absolute atomic E-state index is 0.0525. The van der Waals surface area contributed by atoms with Crippen LogP contribution in [0.3, 0.4) is 0 Å². The molecular weight excluding hydrogens is 253 g/mol. The quantitative estimate of drug-likeness (QED) is 0.835. The number of rotatable bonds is 3. The van der Waals surface area contributed by atoms with Crippen molar-refractivity contribution in [3.05, 3.63) is 45.7 Å². The number of aromatic nitrogens is 1. The molecule has 0 spiro atoms. The van der Waals surface area contributed by atoms with E-state index in [4.69, 9.17) is 5.73 Å². The van der Waals surface area contributed by atoms with Gasteiger partial charge in [0.1, 0.15) is 10.8 Å². The summed E-state index contributed by atoms with van der Waals surface area (Å²) in [6, 6.07) is 3.91. The molecule has 94 valence electrons. The highest BCUT2D eigenvalue weighted by atomic mass is 32.1. The zero-order valence-electron chi connectivity index (χ0n) is 9.74. The molecule has 1 aromatic heterocycles. The maximum atomic E-state index is 13.4. The molecule has 18 heavy (non-hydrogen) atoms. The summed E-state index contributed by atoms with van der Waals surface area (Å²) >= 11 is 1.45. The van der Waals surface area contributed by atoms with Crippen molar-refractivity contribution >= 4 is 22.9 Å². The van der Waals surface area contributed by atoms with Crippen molar-refractivity contribution < 1.29 is 9.18 Å².